The number of benzene rings is 1. The zero-order valence-corrected chi connectivity index (χ0v) is 13.9. The van der Waals surface area contributed by atoms with Gasteiger partial charge in [-0.25, -0.2) is 8.42 Å². The minimum absolute atomic E-state index is 0. The van der Waals surface area contributed by atoms with Gasteiger partial charge in [0, 0.05) is 17.6 Å². The maximum absolute atomic E-state index is 12.4. The maximum Gasteiger partial charge on any atom is 0.341 e. The van der Waals surface area contributed by atoms with E-state index in [2.05, 4.69) is 5.32 Å². The number of halogens is 3. The van der Waals surface area contributed by atoms with Crippen molar-refractivity contribution >= 4 is 28.2 Å². The summed E-state index contributed by atoms with van der Waals surface area (Å²) >= 11 is 0. The standard InChI is InChI=1S/C14H18F2N2O3S.ClH/c15-14(16)22(20,21)12-7-1-9(2-8-12)13(19)18-11-5-3-10(17)4-6-11;/h1-2,7-8,10-11,14H,3-6,17H2,(H,18,19);1H. The number of rotatable bonds is 4. The Kier molecular flexibility index (Phi) is 6.91. The third-order valence-electron chi connectivity index (χ3n) is 3.79. The molecule has 0 spiro atoms. The van der Waals surface area contributed by atoms with Crippen molar-refractivity contribution in [1.29, 1.82) is 0 Å². The molecule has 1 aliphatic carbocycles. The number of alkyl halides is 2. The molecule has 23 heavy (non-hydrogen) atoms. The summed E-state index contributed by atoms with van der Waals surface area (Å²) in [4.78, 5) is 11.6. The molecule has 1 aliphatic rings. The average molecular weight is 369 g/mol. The van der Waals surface area contributed by atoms with E-state index >= 15 is 0 Å². The normalized spacial score (nSPS) is 21.6. The van der Waals surface area contributed by atoms with E-state index in [4.69, 9.17) is 5.73 Å². The molecule has 1 aromatic rings. The molecule has 5 nitrogen and oxygen atoms in total. The van der Waals surface area contributed by atoms with E-state index in [1.54, 1.807) is 0 Å². The molecular weight excluding hydrogens is 350 g/mol. The van der Waals surface area contributed by atoms with Crippen LogP contribution in [0.25, 0.3) is 0 Å². The van der Waals surface area contributed by atoms with Crippen molar-refractivity contribution in [2.45, 2.75) is 48.4 Å². The van der Waals surface area contributed by atoms with Crippen molar-refractivity contribution in [2.24, 2.45) is 5.73 Å². The number of amides is 1. The first-order valence-corrected chi connectivity index (χ1v) is 8.54. The van der Waals surface area contributed by atoms with E-state index in [0.29, 0.717) is 0 Å². The SMILES string of the molecule is Cl.NC1CCC(NC(=O)c2ccc(S(=O)(=O)C(F)F)cc2)CC1. The Hall–Kier alpha value is -1.25. The zero-order chi connectivity index (χ0) is 16.3. The molecule has 9 heteroatoms. The van der Waals surface area contributed by atoms with Crippen LogP contribution >= 0.6 is 12.4 Å². The van der Waals surface area contributed by atoms with Gasteiger partial charge >= 0.3 is 5.76 Å². The largest absolute Gasteiger partial charge is 0.349 e. The lowest BCUT2D eigenvalue weighted by atomic mass is 9.91. The summed E-state index contributed by atoms with van der Waals surface area (Å²) in [6.07, 6.45) is 3.28. The van der Waals surface area contributed by atoms with Gasteiger partial charge in [0.1, 0.15) is 0 Å². The fourth-order valence-corrected chi connectivity index (χ4v) is 3.15. The first-order chi connectivity index (χ1) is 10.3. The third kappa shape index (κ3) is 4.86. The fraction of sp³-hybridized carbons (Fsp3) is 0.500. The molecule has 0 radical (unpaired) electrons. The minimum atomic E-state index is -4.63. The molecule has 0 bridgehead atoms. The smallest absolute Gasteiger partial charge is 0.341 e. The molecule has 0 heterocycles. The van der Waals surface area contributed by atoms with Crippen molar-refractivity contribution in [3.8, 4) is 0 Å². The number of hydrogen-bond donors (Lipinski definition) is 2. The lowest BCUT2D eigenvalue weighted by molar-refractivity contribution is 0.0926. The molecule has 0 saturated heterocycles. The number of hydrogen-bond acceptors (Lipinski definition) is 4. The highest BCUT2D eigenvalue weighted by atomic mass is 35.5. The number of carbonyl (C=O) groups excluding carboxylic acids is 1. The third-order valence-corrected chi connectivity index (χ3v) is 5.19. The van der Waals surface area contributed by atoms with Crippen molar-refractivity contribution in [1.82, 2.24) is 5.32 Å². The van der Waals surface area contributed by atoms with Crippen LogP contribution in [0, 0.1) is 0 Å². The highest BCUT2D eigenvalue weighted by Gasteiger charge is 2.26. The Morgan fingerprint density at radius 1 is 1.13 bits per heavy atom. The van der Waals surface area contributed by atoms with Gasteiger partial charge in [-0.1, -0.05) is 0 Å². The molecule has 0 atom stereocenters. The quantitative estimate of drug-likeness (QED) is 0.851. The topological polar surface area (TPSA) is 89.3 Å². The zero-order valence-electron chi connectivity index (χ0n) is 12.2. The van der Waals surface area contributed by atoms with Crippen molar-refractivity contribution in [2.75, 3.05) is 0 Å². The second-order valence-electron chi connectivity index (χ2n) is 5.42. The van der Waals surface area contributed by atoms with Crippen LogP contribution in [0.1, 0.15) is 36.0 Å². The van der Waals surface area contributed by atoms with Crippen LogP contribution < -0.4 is 11.1 Å². The molecule has 3 N–H and O–H groups in total. The van der Waals surface area contributed by atoms with E-state index in [1.165, 1.54) is 12.1 Å². The highest BCUT2D eigenvalue weighted by molar-refractivity contribution is 7.91. The molecule has 1 aromatic carbocycles. The molecule has 1 saturated carbocycles. The number of nitrogens with two attached hydrogens (primary N) is 1. The lowest BCUT2D eigenvalue weighted by Gasteiger charge is -2.26. The van der Waals surface area contributed by atoms with Gasteiger partial charge in [-0.2, -0.15) is 8.78 Å². The first kappa shape index (κ1) is 19.8. The van der Waals surface area contributed by atoms with Gasteiger partial charge in [0.2, 0.25) is 9.84 Å². The van der Waals surface area contributed by atoms with Gasteiger partial charge in [0.05, 0.1) is 4.90 Å². The Morgan fingerprint density at radius 3 is 2.13 bits per heavy atom. The Balaban J connectivity index is 0.00000264. The first-order valence-electron chi connectivity index (χ1n) is 6.99. The molecule has 0 unspecified atom stereocenters. The van der Waals surface area contributed by atoms with Crippen molar-refractivity contribution in [3.05, 3.63) is 29.8 Å². The Morgan fingerprint density at radius 2 is 1.65 bits per heavy atom. The summed E-state index contributed by atoms with van der Waals surface area (Å²) < 4.78 is 47.4. The van der Waals surface area contributed by atoms with Crippen molar-refractivity contribution in [3.63, 3.8) is 0 Å². The monoisotopic (exact) mass is 368 g/mol. The Bertz CT molecular complexity index is 630. The van der Waals surface area contributed by atoms with Crippen LogP contribution in [0.2, 0.25) is 0 Å². The van der Waals surface area contributed by atoms with E-state index in [-0.39, 0.29) is 36.0 Å². The molecule has 0 aliphatic heterocycles. The van der Waals surface area contributed by atoms with Crippen LogP contribution in [-0.2, 0) is 9.84 Å². The van der Waals surface area contributed by atoms with E-state index < -0.39 is 20.5 Å². The van der Waals surface area contributed by atoms with Gasteiger partial charge in [-0.3, -0.25) is 4.79 Å². The number of nitrogens with one attached hydrogen (secondary N) is 1. The minimum Gasteiger partial charge on any atom is -0.349 e. The Labute approximate surface area is 140 Å². The van der Waals surface area contributed by atoms with Crippen LogP contribution in [0.5, 0.6) is 0 Å². The lowest BCUT2D eigenvalue weighted by Crippen LogP contribution is -2.40. The molecule has 2 rings (SSSR count). The molecule has 0 aromatic heterocycles. The molecule has 1 fully saturated rings. The molecular formula is C14H19ClF2N2O3S. The highest BCUT2D eigenvalue weighted by Crippen LogP contribution is 2.20. The summed E-state index contributed by atoms with van der Waals surface area (Å²) in [5.41, 5.74) is 6.03. The van der Waals surface area contributed by atoms with Gasteiger partial charge in [0.15, 0.2) is 0 Å². The fourth-order valence-electron chi connectivity index (χ4n) is 2.43. The van der Waals surface area contributed by atoms with Gasteiger partial charge < -0.3 is 11.1 Å². The summed E-state index contributed by atoms with van der Waals surface area (Å²) in [6, 6.07) is 4.72. The summed E-state index contributed by atoms with van der Waals surface area (Å²) in [5, 5.41) is 2.84. The van der Waals surface area contributed by atoms with Gasteiger partial charge in [0.25, 0.3) is 5.91 Å². The van der Waals surface area contributed by atoms with E-state index in [1.807, 2.05) is 0 Å². The molecule has 1 amide bonds. The summed E-state index contributed by atoms with van der Waals surface area (Å²) in [6.45, 7) is 0. The summed E-state index contributed by atoms with van der Waals surface area (Å²) in [5.74, 6) is -3.82. The van der Waals surface area contributed by atoms with Gasteiger partial charge in [-0.05, 0) is 49.9 Å². The second kappa shape index (κ2) is 8.03. The van der Waals surface area contributed by atoms with Crippen LogP contribution in [0.4, 0.5) is 8.78 Å². The average Bonchev–Trinajstić information content (AvgIpc) is 2.49. The predicted octanol–water partition coefficient (Wildman–Crippen LogP) is 2.10. The van der Waals surface area contributed by atoms with Crippen LogP contribution in [-0.4, -0.2) is 32.2 Å². The predicted molar refractivity (Wildman–Crippen MR) is 84.6 cm³/mol. The van der Waals surface area contributed by atoms with Crippen LogP contribution in [0.15, 0.2) is 29.2 Å². The second-order valence-corrected chi connectivity index (χ2v) is 7.33. The maximum atomic E-state index is 12.4. The number of carbonyl (C=O) groups is 1. The molecule has 130 valence electrons. The van der Waals surface area contributed by atoms with Crippen molar-refractivity contribution < 1.29 is 22.0 Å². The van der Waals surface area contributed by atoms with E-state index in [9.17, 15) is 22.0 Å². The van der Waals surface area contributed by atoms with Crippen LogP contribution in [0.3, 0.4) is 0 Å². The summed E-state index contributed by atoms with van der Waals surface area (Å²) in [7, 11) is -4.63. The number of sulfone groups is 1. The van der Waals surface area contributed by atoms with Gasteiger partial charge in [-0.15, -0.1) is 12.4 Å². The van der Waals surface area contributed by atoms with E-state index in [0.717, 1.165) is 37.8 Å².